The van der Waals surface area contributed by atoms with Gasteiger partial charge in [0.2, 0.25) is 0 Å². The summed E-state index contributed by atoms with van der Waals surface area (Å²) in [4.78, 5) is 26.0. The first-order valence-electron chi connectivity index (χ1n) is 8.96. The number of benzene rings is 1. The number of carbonyl (C=O) groups excluding carboxylic acids is 2. The van der Waals surface area contributed by atoms with Crippen molar-refractivity contribution >= 4 is 89.8 Å². The molecule has 0 spiro atoms. The van der Waals surface area contributed by atoms with Crippen molar-refractivity contribution < 1.29 is 49.2 Å². The van der Waals surface area contributed by atoms with Crippen LogP contribution in [0.2, 0.25) is 0 Å². The van der Waals surface area contributed by atoms with E-state index in [4.69, 9.17) is 0 Å². The van der Waals surface area contributed by atoms with E-state index >= 15 is 0 Å². The maximum absolute atomic E-state index is 13.4. The summed E-state index contributed by atoms with van der Waals surface area (Å²) in [6, 6.07) is 3.51. The van der Waals surface area contributed by atoms with Gasteiger partial charge in [-0.3, -0.25) is 9.59 Å². The van der Waals surface area contributed by atoms with Crippen molar-refractivity contribution in [2.75, 3.05) is 13.1 Å². The zero-order valence-corrected chi connectivity index (χ0v) is 23.9. The monoisotopic (exact) mass is 838 g/mol. The van der Waals surface area contributed by atoms with E-state index in [-0.39, 0.29) is 25.4 Å². The van der Waals surface area contributed by atoms with Crippen molar-refractivity contribution in [3.8, 4) is 0 Å². The Morgan fingerprint density at radius 3 is 2.18 bits per heavy atom. The van der Waals surface area contributed by atoms with Crippen molar-refractivity contribution in [3.63, 3.8) is 0 Å². The van der Waals surface area contributed by atoms with E-state index in [0.717, 1.165) is 7.14 Å². The Morgan fingerprint density at radius 1 is 1.12 bits per heavy atom. The molecule has 0 radical (unpaired) electrons. The minimum absolute atomic E-state index is 0.104. The molecule has 0 aromatic heterocycles. The predicted octanol–water partition coefficient (Wildman–Crippen LogP) is 4.74. The molecule has 1 rings (SSSR count). The molecular weight excluding hydrogens is 822 g/mol. The minimum Gasteiger partial charge on any atom is -0.743 e. The molecule has 0 bridgehead atoms. The molecule has 0 saturated carbocycles. The lowest BCUT2D eigenvalue weighted by molar-refractivity contribution is -0.259. The lowest BCUT2D eigenvalue weighted by atomic mass is 10.2. The van der Waals surface area contributed by atoms with E-state index in [1.54, 1.807) is 13.0 Å². The first-order valence-corrected chi connectivity index (χ1v) is 13.6. The van der Waals surface area contributed by atoms with Crippen LogP contribution in [0.25, 0.3) is 0 Å². The Balaban J connectivity index is 2.92. The number of alkyl halides is 5. The number of ether oxygens (including phenoxy) is 1. The third-order valence-electron chi connectivity index (χ3n) is 4.00. The quantitative estimate of drug-likeness (QED) is 0.111. The maximum Gasteiger partial charge on any atom is 0.432 e. The Hall–Kier alpha value is -0.0900. The minimum atomic E-state index is -6.76. The lowest BCUT2D eigenvalue weighted by Gasteiger charge is -2.29. The van der Waals surface area contributed by atoms with Crippen molar-refractivity contribution in [3.05, 3.63) is 28.4 Å². The second-order valence-electron chi connectivity index (χ2n) is 6.57. The largest absolute Gasteiger partial charge is 0.743 e. The van der Waals surface area contributed by atoms with Gasteiger partial charge >= 0.3 is 17.4 Å². The Kier molecular flexibility index (Phi) is 11.5. The van der Waals surface area contributed by atoms with Gasteiger partial charge in [0, 0.05) is 30.2 Å². The molecule has 0 heterocycles. The first kappa shape index (κ1) is 30.9. The highest BCUT2D eigenvalue weighted by Gasteiger charge is 2.62. The van der Waals surface area contributed by atoms with Gasteiger partial charge < -0.3 is 14.2 Å². The molecule has 0 N–H and O–H groups in total. The molecule has 0 saturated heterocycles. The summed E-state index contributed by atoms with van der Waals surface area (Å²) in [7, 11) is -6.76. The molecule has 0 aliphatic heterocycles. The van der Waals surface area contributed by atoms with Crippen LogP contribution in [0.15, 0.2) is 12.1 Å². The molecular formula is C17H16F5I3NO6S-. The Labute approximate surface area is 227 Å². The lowest BCUT2D eigenvalue weighted by Crippen LogP contribution is -2.52. The highest BCUT2D eigenvalue weighted by Crippen LogP contribution is 2.38. The van der Waals surface area contributed by atoms with Gasteiger partial charge in [0.25, 0.3) is 12.0 Å². The van der Waals surface area contributed by atoms with Crippen LogP contribution in [0.3, 0.4) is 0 Å². The molecule has 1 aromatic rings. The standard InChI is InChI=1S/C17H17F5I3NO6S/c1-2-5-26(14(28)10-7-9(23)8-11(24)13(10)25)6-3-4-12(27)32-15(16(18,19)20)17(21,22)33(29,30)31/h7-8,15H,2-6H2,1H3,(H,29,30,31)/p-1. The molecule has 0 aliphatic rings. The van der Waals surface area contributed by atoms with Crippen LogP contribution < -0.4 is 0 Å². The SMILES string of the molecule is CCCN(CCCC(=O)OC(C(F)(F)F)C(F)(F)S(=O)(=O)[O-])C(=O)c1cc(I)cc(I)c1I. The number of halogens is 8. The van der Waals surface area contributed by atoms with Crippen LogP contribution in [0.1, 0.15) is 36.5 Å². The van der Waals surface area contributed by atoms with Gasteiger partial charge in [-0.15, -0.1) is 0 Å². The van der Waals surface area contributed by atoms with Crippen molar-refractivity contribution in [2.24, 2.45) is 0 Å². The van der Waals surface area contributed by atoms with Crippen LogP contribution in [-0.4, -0.2) is 60.4 Å². The summed E-state index contributed by atoms with van der Waals surface area (Å²) in [5.41, 5.74) is 0.389. The smallest absolute Gasteiger partial charge is 0.432 e. The van der Waals surface area contributed by atoms with Crippen molar-refractivity contribution in [1.29, 1.82) is 0 Å². The van der Waals surface area contributed by atoms with Gasteiger partial charge in [-0.2, -0.15) is 22.0 Å². The fourth-order valence-electron chi connectivity index (χ4n) is 2.53. The number of rotatable bonds is 10. The molecule has 7 nitrogen and oxygen atoms in total. The van der Waals surface area contributed by atoms with Crippen molar-refractivity contribution in [2.45, 2.75) is 43.7 Å². The summed E-state index contributed by atoms with van der Waals surface area (Å²) in [5.74, 6) is -2.17. The van der Waals surface area contributed by atoms with Crippen LogP contribution in [0, 0.1) is 10.7 Å². The van der Waals surface area contributed by atoms with Gasteiger partial charge in [0.1, 0.15) is 0 Å². The molecule has 0 fully saturated rings. The Morgan fingerprint density at radius 2 is 1.70 bits per heavy atom. The molecule has 188 valence electrons. The van der Waals surface area contributed by atoms with E-state index in [2.05, 4.69) is 27.3 Å². The van der Waals surface area contributed by atoms with Gasteiger partial charge in [-0.05, 0) is 92.7 Å². The summed E-state index contributed by atoms with van der Waals surface area (Å²) in [5, 5.41) is -5.90. The molecule has 0 aliphatic carbocycles. The molecule has 33 heavy (non-hydrogen) atoms. The fourth-order valence-corrected chi connectivity index (χ4v) is 5.36. The maximum atomic E-state index is 13.4. The zero-order chi connectivity index (χ0) is 25.8. The van der Waals surface area contributed by atoms with E-state index in [1.807, 2.05) is 51.2 Å². The summed E-state index contributed by atoms with van der Waals surface area (Å²) in [6.07, 6.45) is -11.0. The number of hydrogen-bond acceptors (Lipinski definition) is 6. The van der Waals surface area contributed by atoms with E-state index < -0.39 is 40.0 Å². The van der Waals surface area contributed by atoms with E-state index in [9.17, 15) is 44.5 Å². The highest BCUT2D eigenvalue weighted by molar-refractivity contribution is 14.1. The summed E-state index contributed by atoms with van der Waals surface area (Å²) in [6.45, 7) is 1.92. The van der Waals surface area contributed by atoms with E-state index in [1.165, 1.54) is 4.90 Å². The second kappa shape index (κ2) is 12.2. The highest BCUT2D eigenvalue weighted by atomic mass is 127. The van der Waals surface area contributed by atoms with Gasteiger partial charge in [-0.1, -0.05) is 6.92 Å². The molecule has 16 heteroatoms. The van der Waals surface area contributed by atoms with Gasteiger partial charge in [-0.25, -0.2) is 8.42 Å². The third kappa shape index (κ3) is 8.51. The predicted molar refractivity (Wildman–Crippen MR) is 131 cm³/mol. The Bertz CT molecular complexity index is 990. The van der Waals surface area contributed by atoms with Crippen molar-refractivity contribution in [1.82, 2.24) is 4.90 Å². The van der Waals surface area contributed by atoms with Crippen LogP contribution >= 0.6 is 67.8 Å². The first-order chi connectivity index (χ1) is 14.9. The number of nitrogens with zero attached hydrogens (tertiary/aromatic N) is 1. The van der Waals surface area contributed by atoms with Crippen LogP contribution in [0.5, 0.6) is 0 Å². The molecule has 1 amide bonds. The fraction of sp³-hybridized carbons (Fsp3) is 0.529. The van der Waals surface area contributed by atoms with Gasteiger partial charge in [0.15, 0.2) is 10.1 Å². The van der Waals surface area contributed by atoms with Crippen LogP contribution in [-0.2, 0) is 19.6 Å². The summed E-state index contributed by atoms with van der Waals surface area (Å²) < 4.78 is 103. The zero-order valence-electron chi connectivity index (χ0n) is 16.6. The average molecular weight is 838 g/mol. The number of hydrogen-bond donors (Lipinski definition) is 0. The average Bonchev–Trinajstić information content (AvgIpc) is 2.65. The normalized spacial score (nSPS) is 13.5. The van der Waals surface area contributed by atoms with Gasteiger partial charge in [0.05, 0.1) is 5.56 Å². The molecule has 1 atom stereocenters. The molecule has 1 unspecified atom stereocenters. The van der Waals surface area contributed by atoms with E-state index in [0.29, 0.717) is 15.6 Å². The number of amides is 1. The second-order valence-corrected chi connectivity index (χ2v) is 11.5. The van der Waals surface area contributed by atoms with Crippen LogP contribution in [0.4, 0.5) is 22.0 Å². The third-order valence-corrected chi connectivity index (χ3v) is 8.55. The number of esters is 1. The number of carbonyl (C=O) groups is 2. The summed E-state index contributed by atoms with van der Waals surface area (Å²) >= 11 is 6.09. The topological polar surface area (TPSA) is 104 Å². The molecule has 1 aromatic carbocycles.